The van der Waals surface area contributed by atoms with Gasteiger partial charge in [-0.25, -0.2) is 0 Å². The molecule has 0 aliphatic heterocycles. The molecule has 7 heteroatoms. The van der Waals surface area contributed by atoms with Gasteiger partial charge in [-0.1, -0.05) is 83.8 Å². The molecule has 3 rings (SSSR count). The van der Waals surface area contributed by atoms with Gasteiger partial charge in [0, 0.05) is 29.0 Å². The van der Waals surface area contributed by atoms with Gasteiger partial charge in [0.05, 0.1) is 0 Å². The highest BCUT2D eigenvalue weighted by atomic mass is 79.9. The lowest BCUT2D eigenvalue weighted by molar-refractivity contribution is -0.142. The van der Waals surface area contributed by atoms with Gasteiger partial charge in [0.15, 0.2) is 6.61 Å². The number of benzene rings is 3. The lowest BCUT2D eigenvalue weighted by atomic mass is 10.0. The fourth-order valence-electron chi connectivity index (χ4n) is 4.03. The summed E-state index contributed by atoms with van der Waals surface area (Å²) in [4.78, 5) is 28.8. The molecule has 0 aliphatic rings. The van der Waals surface area contributed by atoms with Crippen LogP contribution in [0.5, 0.6) is 5.75 Å². The fraction of sp³-hybridized carbons (Fsp3) is 0.333. The second kappa shape index (κ2) is 13.6. The minimum Gasteiger partial charge on any atom is -0.484 e. The lowest BCUT2D eigenvalue weighted by Gasteiger charge is -2.31. The molecule has 2 amide bonds. The molecule has 196 valence electrons. The molecule has 5 nitrogen and oxygen atoms in total. The van der Waals surface area contributed by atoms with Gasteiger partial charge in [0.25, 0.3) is 5.91 Å². The van der Waals surface area contributed by atoms with Crippen LogP contribution in [-0.4, -0.2) is 35.9 Å². The highest BCUT2D eigenvalue weighted by Crippen LogP contribution is 2.26. The van der Waals surface area contributed by atoms with E-state index in [1.165, 1.54) is 0 Å². The van der Waals surface area contributed by atoms with E-state index in [9.17, 15) is 9.59 Å². The van der Waals surface area contributed by atoms with Crippen molar-refractivity contribution in [2.24, 2.45) is 5.92 Å². The number of hydrogen-bond donors (Lipinski definition) is 1. The van der Waals surface area contributed by atoms with Crippen LogP contribution in [0.15, 0.2) is 71.2 Å². The summed E-state index contributed by atoms with van der Waals surface area (Å²) in [6, 6.07) is 20.4. The molecule has 0 saturated carbocycles. The Labute approximate surface area is 233 Å². The zero-order valence-corrected chi connectivity index (χ0v) is 24.1. The van der Waals surface area contributed by atoms with Crippen LogP contribution in [-0.2, 0) is 22.6 Å². The number of rotatable bonds is 11. The smallest absolute Gasteiger partial charge is 0.261 e. The van der Waals surface area contributed by atoms with E-state index in [2.05, 4.69) is 21.2 Å². The third kappa shape index (κ3) is 8.61. The molecule has 0 saturated heterocycles. The number of hydrogen-bond acceptors (Lipinski definition) is 3. The number of nitrogens with zero attached hydrogens (tertiary/aromatic N) is 1. The van der Waals surface area contributed by atoms with E-state index in [1.54, 1.807) is 4.90 Å². The van der Waals surface area contributed by atoms with Gasteiger partial charge in [-0.3, -0.25) is 9.59 Å². The molecule has 0 aromatic heterocycles. The maximum Gasteiger partial charge on any atom is 0.261 e. The largest absolute Gasteiger partial charge is 0.484 e. The van der Waals surface area contributed by atoms with E-state index >= 15 is 0 Å². The van der Waals surface area contributed by atoms with Crippen LogP contribution in [0.1, 0.15) is 36.1 Å². The van der Waals surface area contributed by atoms with Crippen molar-refractivity contribution in [3.05, 3.63) is 98.5 Å². The van der Waals surface area contributed by atoms with Gasteiger partial charge in [-0.05, 0) is 66.3 Å². The summed E-state index contributed by atoms with van der Waals surface area (Å²) in [6.07, 6.45) is 0.393. The van der Waals surface area contributed by atoms with Crippen molar-refractivity contribution in [3.63, 3.8) is 0 Å². The molecule has 0 heterocycles. The number of nitrogens with one attached hydrogen (secondary N) is 1. The zero-order valence-electron chi connectivity index (χ0n) is 21.8. The summed E-state index contributed by atoms with van der Waals surface area (Å²) in [5.74, 6) is 0.402. The van der Waals surface area contributed by atoms with Crippen LogP contribution in [0.3, 0.4) is 0 Å². The first-order valence-electron chi connectivity index (χ1n) is 12.4. The molecule has 0 bridgehead atoms. The number of carbonyl (C=O) groups is 2. The predicted molar refractivity (Wildman–Crippen MR) is 153 cm³/mol. The Morgan fingerprint density at radius 3 is 2.24 bits per heavy atom. The first-order chi connectivity index (χ1) is 17.6. The first-order valence-corrected chi connectivity index (χ1v) is 13.6. The van der Waals surface area contributed by atoms with Crippen LogP contribution in [0.2, 0.25) is 5.02 Å². The van der Waals surface area contributed by atoms with Crippen LogP contribution in [0, 0.1) is 19.8 Å². The lowest BCUT2D eigenvalue weighted by Crippen LogP contribution is -2.52. The topological polar surface area (TPSA) is 58.6 Å². The van der Waals surface area contributed by atoms with Crippen LogP contribution < -0.4 is 10.1 Å². The summed E-state index contributed by atoms with van der Waals surface area (Å²) in [6.45, 7) is 8.49. The van der Waals surface area contributed by atoms with Gasteiger partial charge < -0.3 is 15.0 Å². The second-order valence-corrected chi connectivity index (χ2v) is 10.9. The van der Waals surface area contributed by atoms with Gasteiger partial charge in [-0.2, -0.15) is 0 Å². The van der Waals surface area contributed by atoms with Gasteiger partial charge in [0.1, 0.15) is 11.8 Å². The Hall–Kier alpha value is -2.83. The van der Waals surface area contributed by atoms with Crippen molar-refractivity contribution < 1.29 is 14.3 Å². The van der Waals surface area contributed by atoms with Crippen LogP contribution in [0.4, 0.5) is 0 Å². The molecule has 0 spiro atoms. The molecule has 0 radical (unpaired) electrons. The van der Waals surface area contributed by atoms with Gasteiger partial charge in [0.2, 0.25) is 5.91 Å². The molecule has 1 unspecified atom stereocenters. The quantitative estimate of drug-likeness (QED) is 0.279. The van der Waals surface area contributed by atoms with Gasteiger partial charge >= 0.3 is 0 Å². The third-order valence-corrected chi connectivity index (χ3v) is 7.06. The highest BCUT2D eigenvalue weighted by molar-refractivity contribution is 9.10. The van der Waals surface area contributed by atoms with E-state index in [-0.39, 0.29) is 30.9 Å². The van der Waals surface area contributed by atoms with Crippen LogP contribution >= 0.6 is 27.5 Å². The molecule has 1 atom stereocenters. The number of ether oxygens (including phenoxy) is 1. The van der Waals surface area contributed by atoms with Crippen molar-refractivity contribution in [1.82, 2.24) is 10.2 Å². The average molecular weight is 586 g/mol. The molecule has 0 aliphatic carbocycles. The summed E-state index contributed by atoms with van der Waals surface area (Å²) in [5, 5.41) is 3.71. The maximum atomic E-state index is 13.7. The fourth-order valence-corrected chi connectivity index (χ4v) is 4.58. The molecular formula is C30H34BrClN2O3. The molecule has 1 N–H and O–H groups in total. The highest BCUT2D eigenvalue weighted by Gasteiger charge is 2.30. The maximum absolute atomic E-state index is 13.7. The SMILES string of the molecule is Cc1cc(OCC(=O)N(Cc2cccc(Br)c2)C(Cc2ccccc2)C(=O)NCC(C)C)cc(C)c1Cl. The number of carbonyl (C=O) groups excluding carboxylic acids is 2. The Morgan fingerprint density at radius 1 is 0.973 bits per heavy atom. The van der Waals surface area contributed by atoms with Crippen molar-refractivity contribution in [2.75, 3.05) is 13.2 Å². The number of halogens is 2. The monoisotopic (exact) mass is 584 g/mol. The van der Waals surface area contributed by atoms with Crippen LogP contribution in [0.25, 0.3) is 0 Å². The summed E-state index contributed by atoms with van der Waals surface area (Å²) in [7, 11) is 0. The Kier molecular flexibility index (Phi) is 10.6. The predicted octanol–water partition coefficient (Wildman–Crippen LogP) is 6.51. The Balaban J connectivity index is 1.91. The second-order valence-electron chi connectivity index (χ2n) is 9.66. The minimum atomic E-state index is -0.704. The van der Waals surface area contributed by atoms with E-state index in [0.29, 0.717) is 23.7 Å². The first kappa shape index (κ1) is 28.7. The standard InChI is InChI=1S/C30H34BrClN2O3/c1-20(2)17-33-30(36)27(16-23-9-6-5-7-10-23)34(18-24-11-8-12-25(31)15-24)28(35)19-37-26-13-21(3)29(32)22(4)14-26/h5-15,20,27H,16-19H2,1-4H3,(H,33,36). The summed E-state index contributed by atoms with van der Waals surface area (Å²) >= 11 is 9.80. The van der Waals surface area contributed by atoms with E-state index in [4.69, 9.17) is 16.3 Å². The molecule has 3 aromatic carbocycles. The van der Waals surface area contributed by atoms with E-state index in [1.807, 2.05) is 94.4 Å². The summed E-state index contributed by atoms with van der Waals surface area (Å²) < 4.78 is 6.82. The molecule has 37 heavy (non-hydrogen) atoms. The number of amides is 2. The summed E-state index contributed by atoms with van der Waals surface area (Å²) in [5.41, 5.74) is 3.65. The minimum absolute atomic E-state index is 0.181. The van der Waals surface area contributed by atoms with Crippen molar-refractivity contribution in [1.29, 1.82) is 0 Å². The molecule has 3 aromatic rings. The normalized spacial score (nSPS) is 11.8. The van der Waals surface area contributed by atoms with E-state index < -0.39 is 6.04 Å². The zero-order chi connectivity index (χ0) is 26.9. The van der Waals surface area contributed by atoms with Crippen molar-refractivity contribution >= 4 is 39.3 Å². The molecular weight excluding hydrogens is 552 g/mol. The third-order valence-electron chi connectivity index (χ3n) is 5.97. The average Bonchev–Trinajstić information content (AvgIpc) is 2.87. The Morgan fingerprint density at radius 2 is 1.62 bits per heavy atom. The molecule has 0 fully saturated rings. The van der Waals surface area contributed by atoms with Crippen molar-refractivity contribution in [2.45, 2.75) is 46.7 Å². The van der Waals surface area contributed by atoms with E-state index in [0.717, 1.165) is 26.7 Å². The van der Waals surface area contributed by atoms with Crippen molar-refractivity contribution in [3.8, 4) is 5.75 Å². The number of aryl methyl sites for hydroxylation is 2. The Bertz CT molecular complexity index is 1190. The van der Waals surface area contributed by atoms with Gasteiger partial charge in [-0.15, -0.1) is 0 Å².